The maximum Gasteiger partial charge on any atom is 0.323 e. The first-order chi connectivity index (χ1) is 9.63. The quantitative estimate of drug-likeness (QED) is 0.803. The lowest BCUT2D eigenvalue weighted by Crippen LogP contribution is -2.41. The van der Waals surface area contributed by atoms with Crippen LogP contribution in [0.25, 0.3) is 10.6 Å². The van der Waals surface area contributed by atoms with Crippen molar-refractivity contribution in [3.63, 3.8) is 0 Å². The maximum atomic E-state index is 11.7. The summed E-state index contributed by atoms with van der Waals surface area (Å²) >= 11 is 1.66. The zero-order valence-corrected chi connectivity index (χ0v) is 12.7. The van der Waals surface area contributed by atoms with Gasteiger partial charge in [0.2, 0.25) is 0 Å². The van der Waals surface area contributed by atoms with Crippen molar-refractivity contribution in [3.05, 3.63) is 29.3 Å². The van der Waals surface area contributed by atoms with E-state index in [0.29, 0.717) is 6.54 Å². The van der Waals surface area contributed by atoms with Crippen LogP contribution in [0.3, 0.4) is 0 Å². The van der Waals surface area contributed by atoms with E-state index in [9.17, 15) is 4.79 Å². The van der Waals surface area contributed by atoms with Crippen LogP contribution < -0.4 is 5.32 Å². The molecule has 2 aromatic heterocycles. The Balaban J connectivity index is 2.07. The monoisotopic (exact) mass is 293 g/mol. The number of nitrogens with one attached hydrogen (secondary N) is 2. The Bertz CT molecular complexity index is 549. The Labute approximate surface area is 122 Å². The summed E-state index contributed by atoms with van der Waals surface area (Å²) < 4.78 is 4.82. The van der Waals surface area contributed by atoms with Crippen LogP contribution in [0.4, 0.5) is 0 Å². The molecule has 0 aliphatic rings. The van der Waals surface area contributed by atoms with Crippen molar-refractivity contribution >= 4 is 17.3 Å². The fourth-order valence-electron chi connectivity index (χ4n) is 2.02. The predicted molar refractivity (Wildman–Crippen MR) is 79.4 cm³/mol. The van der Waals surface area contributed by atoms with Gasteiger partial charge < -0.3 is 4.74 Å². The predicted octanol–water partition coefficient (Wildman–Crippen LogP) is 2.43. The number of carbonyl (C=O) groups is 1. The molecular weight excluding hydrogens is 274 g/mol. The zero-order valence-electron chi connectivity index (χ0n) is 11.8. The summed E-state index contributed by atoms with van der Waals surface area (Å²) in [5.74, 6) is -0.0688. The van der Waals surface area contributed by atoms with Crippen molar-refractivity contribution in [1.82, 2.24) is 15.5 Å². The highest BCUT2D eigenvalue weighted by atomic mass is 32.1. The van der Waals surface area contributed by atoms with E-state index in [0.717, 1.165) is 16.1 Å². The number of hydrogen-bond donors (Lipinski definition) is 2. The van der Waals surface area contributed by atoms with Gasteiger partial charge >= 0.3 is 5.97 Å². The summed E-state index contributed by atoms with van der Waals surface area (Å²) in [5, 5.41) is 12.4. The molecule has 2 aromatic rings. The molecule has 2 rings (SSSR count). The van der Waals surface area contributed by atoms with Crippen LogP contribution in [-0.4, -0.2) is 29.3 Å². The third kappa shape index (κ3) is 3.26. The molecule has 1 atom stereocenters. The molecule has 2 N–H and O–H groups in total. The Kier molecular flexibility index (Phi) is 4.92. The van der Waals surface area contributed by atoms with E-state index in [1.807, 2.05) is 31.4 Å². The minimum atomic E-state index is -0.314. The highest BCUT2D eigenvalue weighted by molar-refractivity contribution is 7.13. The van der Waals surface area contributed by atoms with E-state index in [-0.39, 0.29) is 17.9 Å². The number of aromatic nitrogens is 2. The third-order valence-corrected chi connectivity index (χ3v) is 4.01. The van der Waals surface area contributed by atoms with Crippen molar-refractivity contribution in [2.75, 3.05) is 7.11 Å². The molecule has 20 heavy (non-hydrogen) atoms. The summed E-state index contributed by atoms with van der Waals surface area (Å²) in [4.78, 5) is 12.9. The average molecular weight is 293 g/mol. The number of rotatable bonds is 6. The van der Waals surface area contributed by atoms with E-state index in [1.54, 1.807) is 17.5 Å². The van der Waals surface area contributed by atoms with Gasteiger partial charge in [-0.05, 0) is 17.4 Å². The molecule has 6 heteroatoms. The molecule has 0 saturated heterocycles. The Morgan fingerprint density at radius 3 is 2.95 bits per heavy atom. The first-order valence-electron chi connectivity index (χ1n) is 6.50. The van der Waals surface area contributed by atoms with Gasteiger partial charge in [0.15, 0.2) is 0 Å². The van der Waals surface area contributed by atoms with Crippen LogP contribution in [0.2, 0.25) is 0 Å². The summed E-state index contributed by atoms with van der Waals surface area (Å²) in [6, 6.07) is 3.73. The summed E-state index contributed by atoms with van der Waals surface area (Å²) in [7, 11) is 1.41. The number of methoxy groups -OCH3 is 1. The molecule has 0 amide bonds. The van der Waals surface area contributed by atoms with Gasteiger partial charge in [0.1, 0.15) is 6.04 Å². The molecular formula is C14H19N3O2S. The SMILES string of the molecule is COC(=O)[C@@H](NCc1cn[nH]c1-c1cccs1)C(C)C. The smallest absolute Gasteiger partial charge is 0.323 e. The highest BCUT2D eigenvalue weighted by Crippen LogP contribution is 2.25. The minimum absolute atomic E-state index is 0.166. The van der Waals surface area contributed by atoms with Crippen molar-refractivity contribution in [2.24, 2.45) is 5.92 Å². The second-order valence-electron chi connectivity index (χ2n) is 4.87. The number of H-pyrrole nitrogens is 1. The van der Waals surface area contributed by atoms with Crippen LogP contribution >= 0.6 is 11.3 Å². The molecule has 0 aromatic carbocycles. The number of esters is 1. The van der Waals surface area contributed by atoms with Gasteiger partial charge in [-0.15, -0.1) is 11.3 Å². The first kappa shape index (κ1) is 14.7. The Morgan fingerprint density at radius 2 is 2.35 bits per heavy atom. The molecule has 0 saturated carbocycles. The van der Waals surface area contributed by atoms with Crippen molar-refractivity contribution in [3.8, 4) is 10.6 Å². The minimum Gasteiger partial charge on any atom is -0.468 e. The van der Waals surface area contributed by atoms with Gasteiger partial charge in [-0.2, -0.15) is 5.10 Å². The maximum absolute atomic E-state index is 11.7. The number of thiophene rings is 1. The first-order valence-corrected chi connectivity index (χ1v) is 7.38. The number of carbonyl (C=O) groups excluding carboxylic acids is 1. The van der Waals surface area contributed by atoms with Gasteiger partial charge in [0, 0.05) is 12.1 Å². The lowest BCUT2D eigenvalue weighted by molar-refractivity contribution is -0.144. The number of ether oxygens (including phenoxy) is 1. The second kappa shape index (κ2) is 6.67. The van der Waals surface area contributed by atoms with Gasteiger partial charge in [0.05, 0.1) is 23.9 Å². The Hall–Kier alpha value is -1.66. The standard InChI is InChI=1S/C14H19N3O2S/c1-9(2)12(14(18)19-3)15-7-10-8-16-17-13(10)11-5-4-6-20-11/h4-6,8-9,12,15H,7H2,1-3H3,(H,16,17)/t12-/m0/s1. The van der Waals surface area contributed by atoms with E-state index in [1.165, 1.54) is 7.11 Å². The number of hydrogen-bond acceptors (Lipinski definition) is 5. The molecule has 108 valence electrons. The molecule has 0 aliphatic heterocycles. The van der Waals surface area contributed by atoms with Gasteiger partial charge in [0.25, 0.3) is 0 Å². The average Bonchev–Trinajstić information content (AvgIpc) is 3.08. The van der Waals surface area contributed by atoms with Crippen LogP contribution in [0.5, 0.6) is 0 Å². The van der Waals surface area contributed by atoms with E-state index in [4.69, 9.17) is 4.74 Å². The summed E-state index contributed by atoms with van der Waals surface area (Å²) in [6.45, 7) is 4.55. The van der Waals surface area contributed by atoms with Crippen LogP contribution in [0.1, 0.15) is 19.4 Å². The van der Waals surface area contributed by atoms with Gasteiger partial charge in [-0.25, -0.2) is 0 Å². The molecule has 0 aliphatic carbocycles. The van der Waals surface area contributed by atoms with Crippen LogP contribution in [0, 0.1) is 5.92 Å². The van der Waals surface area contributed by atoms with Gasteiger partial charge in [-0.3, -0.25) is 15.2 Å². The normalized spacial score (nSPS) is 12.6. The van der Waals surface area contributed by atoms with Crippen LogP contribution in [0.15, 0.2) is 23.7 Å². The lowest BCUT2D eigenvalue weighted by Gasteiger charge is -2.19. The fourth-order valence-corrected chi connectivity index (χ4v) is 2.77. The summed E-state index contributed by atoms with van der Waals surface area (Å²) in [6.07, 6.45) is 1.79. The topological polar surface area (TPSA) is 67.0 Å². The molecule has 0 radical (unpaired) electrons. The molecule has 5 nitrogen and oxygen atoms in total. The fraction of sp³-hybridized carbons (Fsp3) is 0.429. The molecule has 0 fully saturated rings. The largest absolute Gasteiger partial charge is 0.468 e. The zero-order chi connectivity index (χ0) is 14.5. The van der Waals surface area contributed by atoms with E-state index in [2.05, 4.69) is 15.5 Å². The van der Waals surface area contributed by atoms with E-state index >= 15 is 0 Å². The number of aromatic amines is 1. The molecule has 2 heterocycles. The van der Waals surface area contributed by atoms with Gasteiger partial charge in [-0.1, -0.05) is 19.9 Å². The van der Waals surface area contributed by atoms with Crippen molar-refractivity contribution < 1.29 is 9.53 Å². The third-order valence-electron chi connectivity index (χ3n) is 3.12. The Morgan fingerprint density at radius 1 is 1.55 bits per heavy atom. The highest BCUT2D eigenvalue weighted by Gasteiger charge is 2.22. The lowest BCUT2D eigenvalue weighted by atomic mass is 10.0. The van der Waals surface area contributed by atoms with Crippen molar-refractivity contribution in [2.45, 2.75) is 26.4 Å². The number of nitrogens with zero attached hydrogens (tertiary/aromatic N) is 1. The van der Waals surface area contributed by atoms with Crippen molar-refractivity contribution in [1.29, 1.82) is 0 Å². The molecule has 0 bridgehead atoms. The molecule has 0 spiro atoms. The van der Waals surface area contributed by atoms with E-state index < -0.39 is 0 Å². The summed E-state index contributed by atoms with van der Waals surface area (Å²) in [5.41, 5.74) is 2.04. The second-order valence-corrected chi connectivity index (χ2v) is 5.82. The molecule has 0 unspecified atom stereocenters. The van der Waals surface area contributed by atoms with Crippen LogP contribution in [-0.2, 0) is 16.1 Å².